The summed E-state index contributed by atoms with van der Waals surface area (Å²) in [5.74, 6) is 4.09. The standard InChI is InChI=1S/C36H28N2O/c1-5-9-14-27(7-3)38-32(8-4)34(12-6-2)39-35-23-26(18-21-33(35)38)25-17-19-30-29(22-25)36-28-15-11-10-13-24(28)16-20-31(36)37-30/h1,6-23,37H,4H2,2-3H3/b12-6-,14-9-,27-7+. The van der Waals surface area contributed by atoms with E-state index in [1.807, 2.05) is 44.2 Å². The van der Waals surface area contributed by atoms with Crippen LogP contribution in [0.5, 0.6) is 5.75 Å². The van der Waals surface area contributed by atoms with Gasteiger partial charge in [0.25, 0.3) is 0 Å². The number of rotatable bonds is 5. The van der Waals surface area contributed by atoms with Gasteiger partial charge in [-0.05, 0) is 90.4 Å². The number of aromatic amines is 1. The highest BCUT2D eigenvalue weighted by Crippen LogP contribution is 2.44. The summed E-state index contributed by atoms with van der Waals surface area (Å²) in [6, 6.07) is 25.8. The molecule has 0 aliphatic carbocycles. The van der Waals surface area contributed by atoms with Gasteiger partial charge in [0.2, 0.25) is 0 Å². The highest BCUT2D eigenvalue weighted by atomic mass is 16.5. The summed E-state index contributed by atoms with van der Waals surface area (Å²) >= 11 is 0. The van der Waals surface area contributed by atoms with Crippen molar-refractivity contribution in [1.82, 2.24) is 4.98 Å². The third kappa shape index (κ3) is 4.04. The lowest BCUT2D eigenvalue weighted by Gasteiger charge is -2.34. The van der Waals surface area contributed by atoms with E-state index in [0.29, 0.717) is 0 Å². The van der Waals surface area contributed by atoms with Crippen LogP contribution in [0.4, 0.5) is 5.69 Å². The largest absolute Gasteiger partial charge is 0.453 e. The average Bonchev–Trinajstić information content (AvgIpc) is 3.35. The van der Waals surface area contributed by atoms with Crippen LogP contribution in [0.1, 0.15) is 13.8 Å². The highest BCUT2D eigenvalue weighted by Gasteiger charge is 2.26. The van der Waals surface area contributed by atoms with Gasteiger partial charge in [-0.25, -0.2) is 0 Å². The summed E-state index contributed by atoms with van der Waals surface area (Å²) in [6.07, 6.45) is 16.9. The number of aromatic nitrogens is 1. The number of hydrogen-bond donors (Lipinski definition) is 1. The normalized spacial score (nSPS) is 14.0. The minimum Gasteiger partial charge on any atom is -0.453 e. The third-order valence-corrected chi connectivity index (χ3v) is 7.15. The molecule has 0 saturated carbocycles. The number of nitrogens with one attached hydrogen (secondary N) is 1. The Bertz CT molecular complexity index is 1940. The van der Waals surface area contributed by atoms with Crippen LogP contribution in [-0.4, -0.2) is 4.98 Å². The zero-order chi connectivity index (χ0) is 26.9. The number of hydrogen-bond acceptors (Lipinski definition) is 2. The van der Waals surface area contributed by atoms with Crippen molar-refractivity contribution in [3.05, 3.63) is 133 Å². The Labute approximate surface area is 228 Å². The van der Waals surface area contributed by atoms with Crippen molar-refractivity contribution in [2.45, 2.75) is 13.8 Å². The molecule has 1 aliphatic heterocycles. The van der Waals surface area contributed by atoms with E-state index in [9.17, 15) is 0 Å². The lowest BCUT2D eigenvalue weighted by Crippen LogP contribution is -2.26. The smallest absolute Gasteiger partial charge is 0.152 e. The van der Waals surface area contributed by atoms with Gasteiger partial charge in [0.15, 0.2) is 11.5 Å². The lowest BCUT2D eigenvalue weighted by atomic mass is 9.99. The Kier molecular flexibility index (Phi) is 6.15. The number of nitrogens with zero attached hydrogens (tertiary/aromatic N) is 1. The first-order chi connectivity index (χ1) is 19.2. The van der Waals surface area contributed by atoms with Gasteiger partial charge in [0.1, 0.15) is 0 Å². The summed E-state index contributed by atoms with van der Waals surface area (Å²) in [4.78, 5) is 5.72. The van der Waals surface area contributed by atoms with Gasteiger partial charge in [0.05, 0.1) is 11.4 Å². The van der Waals surface area contributed by atoms with Crippen molar-refractivity contribution >= 4 is 38.3 Å². The second-order valence-corrected chi connectivity index (χ2v) is 9.38. The first-order valence-corrected chi connectivity index (χ1v) is 13.0. The van der Waals surface area contributed by atoms with E-state index in [1.165, 1.54) is 21.5 Å². The fraction of sp³-hybridized carbons (Fsp3) is 0.0556. The molecular weight excluding hydrogens is 476 g/mol. The van der Waals surface area contributed by atoms with E-state index in [0.717, 1.165) is 50.8 Å². The summed E-state index contributed by atoms with van der Waals surface area (Å²) < 4.78 is 6.45. The molecule has 0 amide bonds. The van der Waals surface area contributed by atoms with E-state index in [-0.39, 0.29) is 0 Å². The molecule has 0 saturated heterocycles. The van der Waals surface area contributed by atoms with Gasteiger partial charge < -0.3 is 14.6 Å². The van der Waals surface area contributed by atoms with Crippen LogP contribution < -0.4 is 9.64 Å². The molecule has 0 fully saturated rings. The van der Waals surface area contributed by atoms with Crippen LogP contribution in [-0.2, 0) is 0 Å². The van der Waals surface area contributed by atoms with Crippen LogP contribution >= 0.6 is 0 Å². The number of terminal acetylenes is 1. The molecule has 6 rings (SSSR count). The molecule has 39 heavy (non-hydrogen) atoms. The van der Waals surface area contributed by atoms with E-state index < -0.39 is 0 Å². The monoisotopic (exact) mass is 504 g/mol. The minimum atomic E-state index is 0.726. The molecule has 188 valence electrons. The summed E-state index contributed by atoms with van der Waals surface area (Å²) in [5.41, 5.74) is 7.19. The predicted molar refractivity (Wildman–Crippen MR) is 166 cm³/mol. The molecule has 0 atom stereocenters. The fourth-order valence-electron chi connectivity index (χ4n) is 5.40. The van der Waals surface area contributed by atoms with Gasteiger partial charge >= 0.3 is 0 Å². The Morgan fingerprint density at radius 2 is 1.74 bits per heavy atom. The quantitative estimate of drug-likeness (QED) is 0.191. The molecule has 3 nitrogen and oxygen atoms in total. The SMILES string of the molecule is C#C/C=C\C(=C/C)N1C(C=C)=C(/C=C\C)Oc2cc(-c3ccc4[nH]c5ccc6ccccc6c5c4c3)ccc21. The van der Waals surface area contributed by atoms with Crippen LogP contribution in [0.2, 0.25) is 0 Å². The first kappa shape index (κ1) is 24.2. The van der Waals surface area contributed by atoms with E-state index in [1.54, 1.807) is 6.08 Å². The zero-order valence-corrected chi connectivity index (χ0v) is 22.0. The van der Waals surface area contributed by atoms with Gasteiger partial charge in [-0.1, -0.05) is 67.1 Å². The Hall–Kier alpha value is -5.20. The predicted octanol–water partition coefficient (Wildman–Crippen LogP) is 9.41. The molecule has 1 aromatic heterocycles. The molecule has 4 aromatic carbocycles. The summed E-state index contributed by atoms with van der Waals surface area (Å²) in [6.45, 7) is 8.03. The number of H-pyrrole nitrogens is 1. The molecule has 0 unspecified atom stereocenters. The van der Waals surface area contributed by atoms with E-state index >= 15 is 0 Å². The third-order valence-electron chi connectivity index (χ3n) is 7.15. The maximum Gasteiger partial charge on any atom is 0.152 e. The van der Waals surface area contributed by atoms with Crippen molar-refractivity contribution in [3.63, 3.8) is 0 Å². The number of allylic oxidation sites excluding steroid dienone is 6. The van der Waals surface area contributed by atoms with E-state index in [4.69, 9.17) is 11.2 Å². The summed E-state index contributed by atoms with van der Waals surface area (Å²) in [7, 11) is 0. The van der Waals surface area contributed by atoms with Crippen molar-refractivity contribution in [2.75, 3.05) is 4.90 Å². The molecule has 3 heteroatoms. The van der Waals surface area contributed by atoms with Crippen molar-refractivity contribution in [3.8, 4) is 29.2 Å². The fourth-order valence-corrected chi connectivity index (χ4v) is 5.40. The molecular formula is C36H28N2O. The topological polar surface area (TPSA) is 28.3 Å². The molecule has 1 N–H and O–H groups in total. The Morgan fingerprint density at radius 3 is 2.54 bits per heavy atom. The molecule has 0 bridgehead atoms. The van der Waals surface area contributed by atoms with Crippen LogP contribution in [0.25, 0.3) is 43.7 Å². The van der Waals surface area contributed by atoms with Crippen molar-refractivity contribution in [1.29, 1.82) is 0 Å². The molecule has 0 spiro atoms. The maximum atomic E-state index is 6.45. The molecule has 1 aliphatic rings. The van der Waals surface area contributed by atoms with Gasteiger partial charge in [0, 0.05) is 27.5 Å². The van der Waals surface area contributed by atoms with Crippen LogP contribution in [0.3, 0.4) is 0 Å². The number of ether oxygens (including phenoxy) is 1. The highest BCUT2D eigenvalue weighted by molar-refractivity contribution is 6.20. The van der Waals surface area contributed by atoms with Crippen molar-refractivity contribution in [2.24, 2.45) is 0 Å². The number of benzene rings is 4. The first-order valence-electron chi connectivity index (χ1n) is 13.0. The Morgan fingerprint density at radius 1 is 0.949 bits per heavy atom. The molecule has 0 radical (unpaired) electrons. The number of anilines is 1. The molecule has 5 aromatic rings. The average molecular weight is 505 g/mol. The zero-order valence-electron chi connectivity index (χ0n) is 22.0. The van der Waals surface area contributed by atoms with E-state index in [2.05, 4.69) is 95.2 Å². The van der Waals surface area contributed by atoms with Gasteiger partial charge in [-0.3, -0.25) is 0 Å². The lowest BCUT2D eigenvalue weighted by molar-refractivity contribution is 0.430. The minimum absolute atomic E-state index is 0.726. The summed E-state index contributed by atoms with van der Waals surface area (Å²) in [5, 5.41) is 4.94. The number of fused-ring (bicyclic) bond motifs is 6. The van der Waals surface area contributed by atoms with Crippen LogP contribution in [0.15, 0.2) is 133 Å². The second kappa shape index (κ2) is 9.93. The van der Waals surface area contributed by atoms with Crippen LogP contribution in [0, 0.1) is 12.3 Å². The molecule has 2 heterocycles. The maximum absolute atomic E-state index is 6.45. The van der Waals surface area contributed by atoms with Crippen molar-refractivity contribution < 1.29 is 4.74 Å². The van der Waals surface area contributed by atoms with Gasteiger partial charge in [-0.15, -0.1) is 6.42 Å². The Balaban J connectivity index is 1.52. The second-order valence-electron chi connectivity index (χ2n) is 9.38. The van der Waals surface area contributed by atoms with Gasteiger partial charge in [-0.2, -0.15) is 0 Å².